The van der Waals surface area contributed by atoms with Crippen LogP contribution < -0.4 is 18.9 Å². The summed E-state index contributed by atoms with van der Waals surface area (Å²) >= 11 is 0. The van der Waals surface area contributed by atoms with Crippen molar-refractivity contribution in [3.05, 3.63) is 47.5 Å². The Labute approximate surface area is 157 Å². The van der Waals surface area contributed by atoms with Crippen LogP contribution in [0.25, 0.3) is 0 Å². The molecular formula is C21H22O6. The predicted molar refractivity (Wildman–Crippen MR) is 96.3 cm³/mol. The maximum atomic E-state index is 5.92. The Morgan fingerprint density at radius 1 is 0.815 bits per heavy atom. The van der Waals surface area contributed by atoms with Gasteiger partial charge in [0.15, 0.2) is 29.3 Å². The van der Waals surface area contributed by atoms with Crippen molar-refractivity contribution in [1.82, 2.24) is 0 Å². The maximum Gasteiger partial charge on any atom is 0.231 e. The van der Waals surface area contributed by atoms with Crippen LogP contribution in [0.3, 0.4) is 0 Å². The second-order valence-corrected chi connectivity index (χ2v) is 7.14. The highest BCUT2D eigenvalue weighted by molar-refractivity contribution is 5.45. The van der Waals surface area contributed by atoms with Crippen LogP contribution in [0.1, 0.15) is 11.1 Å². The van der Waals surface area contributed by atoms with E-state index in [-0.39, 0.29) is 12.2 Å². The Morgan fingerprint density at radius 2 is 1.41 bits per heavy atom. The summed E-state index contributed by atoms with van der Waals surface area (Å²) in [5.74, 6) is 3.88. The lowest BCUT2D eigenvalue weighted by atomic mass is 9.84. The molecule has 6 heteroatoms. The van der Waals surface area contributed by atoms with Crippen LogP contribution in [0.4, 0.5) is 0 Å². The third-order valence-corrected chi connectivity index (χ3v) is 5.51. The summed E-state index contributed by atoms with van der Waals surface area (Å²) < 4.78 is 33.4. The topological polar surface area (TPSA) is 55.4 Å². The zero-order valence-corrected chi connectivity index (χ0v) is 15.2. The highest BCUT2D eigenvalue weighted by atomic mass is 16.7. The van der Waals surface area contributed by atoms with Crippen molar-refractivity contribution in [3.8, 4) is 23.0 Å². The standard InChI is InChI=1S/C21H22O6/c1-22-21-16(7-14-3-5-18-20(9-14)27-12-25-18)15(10-23-21)6-13-2-4-17-19(8-13)26-11-24-17/h2-5,8-9,15-16,21H,6-7,10-12H2,1H3/t15-,16+,21?/m1/s1. The molecule has 1 saturated heterocycles. The van der Waals surface area contributed by atoms with Crippen molar-refractivity contribution < 1.29 is 28.4 Å². The van der Waals surface area contributed by atoms with E-state index in [1.54, 1.807) is 7.11 Å². The van der Waals surface area contributed by atoms with Crippen LogP contribution in [0, 0.1) is 11.8 Å². The molecule has 0 N–H and O–H groups in total. The molecule has 27 heavy (non-hydrogen) atoms. The lowest BCUT2D eigenvalue weighted by Gasteiger charge is -2.22. The first-order chi connectivity index (χ1) is 13.3. The zero-order chi connectivity index (χ0) is 18.2. The van der Waals surface area contributed by atoms with Crippen LogP contribution in [0.2, 0.25) is 0 Å². The van der Waals surface area contributed by atoms with Gasteiger partial charge < -0.3 is 28.4 Å². The van der Waals surface area contributed by atoms with Gasteiger partial charge in [-0.15, -0.1) is 0 Å². The average Bonchev–Trinajstić information content (AvgIpc) is 3.41. The van der Waals surface area contributed by atoms with E-state index in [9.17, 15) is 0 Å². The van der Waals surface area contributed by atoms with Gasteiger partial charge in [0, 0.05) is 13.0 Å². The summed E-state index contributed by atoms with van der Waals surface area (Å²) in [6.07, 6.45) is 1.57. The summed E-state index contributed by atoms with van der Waals surface area (Å²) in [7, 11) is 1.71. The number of hydrogen-bond donors (Lipinski definition) is 0. The first kappa shape index (κ1) is 16.7. The van der Waals surface area contributed by atoms with Crippen LogP contribution in [-0.4, -0.2) is 33.6 Å². The van der Waals surface area contributed by atoms with Gasteiger partial charge in [-0.2, -0.15) is 0 Å². The predicted octanol–water partition coefficient (Wildman–Crippen LogP) is 3.16. The number of fused-ring (bicyclic) bond motifs is 2. The molecule has 0 spiro atoms. The molecular weight excluding hydrogens is 348 g/mol. The smallest absolute Gasteiger partial charge is 0.231 e. The number of benzene rings is 2. The fourth-order valence-corrected chi connectivity index (χ4v) is 4.11. The van der Waals surface area contributed by atoms with Gasteiger partial charge in [-0.05, 0) is 54.2 Å². The van der Waals surface area contributed by atoms with E-state index < -0.39 is 0 Å². The second kappa shape index (κ2) is 6.94. The van der Waals surface area contributed by atoms with Gasteiger partial charge in [0.1, 0.15) is 0 Å². The molecule has 0 saturated carbocycles. The Kier molecular flexibility index (Phi) is 4.30. The average molecular weight is 370 g/mol. The Bertz CT molecular complexity index is 835. The highest BCUT2D eigenvalue weighted by Gasteiger charge is 2.37. The number of ether oxygens (including phenoxy) is 6. The van der Waals surface area contributed by atoms with Crippen LogP contribution in [0.5, 0.6) is 23.0 Å². The van der Waals surface area contributed by atoms with Gasteiger partial charge in [-0.25, -0.2) is 0 Å². The van der Waals surface area contributed by atoms with E-state index in [1.165, 1.54) is 11.1 Å². The minimum atomic E-state index is -0.200. The third kappa shape index (κ3) is 3.19. The van der Waals surface area contributed by atoms with E-state index in [4.69, 9.17) is 28.4 Å². The lowest BCUT2D eigenvalue weighted by molar-refractivity contribution is -0.110. The van der Waals surface area contributed by atoms with E-state index in [1.807, 2.05) is 12.1 Å². The summed E-state index contributed by atoms with van der Waals surface area (Å²) in [5, 5.41) is 0. The maximum absolute atomic E-state index is 5.92. The molecule has 0 aromatic heterocycles. The van der Waals surface area contributed by atoms with Gasteiger partial charge in [0.05, 0.1) is 6.61 Å². The summed E-state index contributed by atoms with van der Waals surface area (Å²) in [4.78, 5) is 0. The van der Waals surface area contributed by atoms with Gasteiger partial charge in [-0.1, -0.05) is 12.1 Å². The molecule has 0 radical (unpaired) electrons. The summed E-state index contributed by atoms with van der Waals surface area (Å²) in [5.41, 5.74) is 2.42. The quantitative estimate of drug-likeness (QED) is 0.806. The highest BCUT2D eigenvalue weighted by Crippen LogP contribution is 2.38. The molecule has 0 aliphatic carbocycles. The fraction of sp³-hybridized carbons (Fsp3) is 0.429. The first-order valence-electron chi connectivity index (χ1n) is 9.21. The van der Waals surface area contributed by atoms with Gasteiger partial charge in [-0.3, -0.25) is 0 Å². The van der Waals surface area contributed by atoms with Gasteiger partial charge in [0.2, 0.25) is 13.6 Å². The monoisotopic (exact) mass is 370 g/mol. The van der Waals surface area contributed by atoms with Crippen molar-refractivity contribution in [1.29, 1.82) is 0 Å². The van der Waals surface area contributed by atoms with Crippen molar-refractivity contribution in [2.45, 2.75) is 19.1 Å². The van der Waals surface area contributed by atoms with Crippen LogP contribution in [0.15, 0.2) is 36.4 Å². The zero-order valence-electron chi connectivity index (χ0n) is 15.2. The Balaban J connectivity index is 1.34. The molecule has 0 bridgehead atoms. The molecule has 3 atom stereocenters. The number of methoxy groups -OCH3 is 1. The minimum Gasteiger partial charge on any atom is -0.454 e. The molecule has 1 fully saturated rings. The van der Waals surface area contributed by atoms with Crippen molar-refractivity contribution in [2.75, 3.05) is 27.3 Å². The molecule has 2 aromatic rings. The SMILES string of the molecule is COC1OC[C@@H](Cc2ccc3c(c2)OCO3)[C@@H]1Cc1ccc2c(c1)OCO2. The normalized spacial score (nSPS) is 25.1. The molecule has 2 aromatic carbocycles. The third-order valence-electron chi connectivity index (χ3n) is 5.51. The number of hydrogen-bond acceptors (Lipinski definition) is 6. The van der Waals surface area contributed by atoms with Crippen LogP contribution >= 0.6 is 0 Å². The largest absolute Gasteiger partial charge is 0.454 e. The fourth-order valence-electron chi connectivity index (χ4n) is 4.11. The van der Waals surface area contributed by atoms with E-state index in [2.05, 4.69) is 24.3 Å². The lowest BCUT2D eigenvalue weighted by Crippen LogP contribution is -2.25. The van der Waals surface area contributed by atoms with E-state index in [0.29, 0.717) is 26.1 Å². The molecule has 3 heterocycles. The molecule has 3 aliphatic heterocycles. The molecule has 3 aliphatic rings. The second-order valence-electron chi connectivity index (χ2n) is 7.14. The van der Waals surface area contributed by atoms with Crippen LogP contribution in [-0.2, 0) is 22.3 Å². The first-order valence-corrected chi connectivity index (χ1v) is 9.21. The molecule has 1 unspecified atom stereocenters. The van der Waals surface area contributed by atoms with E-state index in [0.717, 1.165) is 35.8 Å². The van der Waals surface area contributed by atoms with Crippen molar-refractivity contribution >= 4 is 0 Å². The van der Waals surface area contributed by atoms with Crippen molar-refractivity contribution in [2.24, 2.45) is 11.8 Å². The Hall–Kier alpha value is -2.44. The molecule has 5 rings (SSSR count). The van der Waals surface area contributed by atoms with Gasteiger partial charge in [0.25, 0.3) is 0 Å². The molecule has 142 valence electrons. The number of rotatable bonds is 5. The molecule has 6 nitrogen and oxygen atoms in total. The summed E-state index contributed by atoms with van der Waals surface area (Å²) in [6, 6.07) is 12.3. The summed E-state index contributed by atoms with van der Waals surface area (Å²) in [6.45, 7) is 1.27. The van der Waals surface area contributed by atoms with E-state index >= 15 is 0 Å². The molecule has 0 amide bonds. The van der Waals surface area contributed by atoms with Gasteiger partial charge >= 0.3 is 0 Å². The Morgan fingerprint density at radius 3 is 2.04 bits per heavy atom. The van der Waals surface area contributed by atoms with Crippen molar-refractivity contribution in [3.63, 3.8) is 0 Å². The minimum absolute atomic E-state index is 0.200.